The first-order chi connectivity index (χ1) is 6.83. The molecule has 1 aliphatic carbocycles. The van der Waals surface area contributed by atoms with Gasteiger partial charge in [-0.3, -0.25) is 0 Å². The maximum Gasteiger partial charge on any atom is 0.157 e. The zero-order valence-corrected chi connectivity index (χ0v) is 8.81. The van der Waals surface area contributed by atoms with Gasteiger partial charge in [0, 0.05) is 26.6 Å². The van der Waals surface area contributed by atoms with Crippen LogP contribution in [-0.2, 0) is 14.2 Å². The van der Waals surface area contributed by atoms with Gasteiger partial charge in [0.25, 0.3) is 0 Å². The van der Waals surface area contributed by atoms with Gasteiger partial charge in [-0.2, -0.15) is 0 Å². The molecule has 14 heavy (non-hydrogen) atoms. The molecule has 0 amide bonds. The summed E-state index contributed by atoms with van der Waals surface area (Å²) in [5.41, 5.74) is 0. The number of hydrogen-bond acceptors (Lipinski definition) is 3. The number of ether oxygens (including phenoxy) is 3. The Hall–Kier alpha value is -0.380. The summed E-state index contributed by atoms with van der Waals surface area (Å²) in [7, 11) is 3.45. The molecule has 0 aromatic carbocycles. The van der Waals surface area contributed by atoms with E-state index in [1.165, 1.54) is 0 Å². The summed E-state index contributed by atoms with van der Waals surface area (Å²) in [5.74, 6) is 0.563. The molecule has 2 aliphatic rings. The maximum absolute atomic E-state index is 5.82. The standard InChI is InChI=1S/C11H18O3/c1-12-9-5-3-8-4-6-11(13-2)14-10(8)7-9/h3,5,8-11H,4,6-7H2,1-2H3/t8-,9+,10-,11?/m0/s1. The molecule has 3 nitrogen and oxygen atoms in total. The van der Waals surface area contributed by atoms with Gasteiger partial charge in [-0.25, -0.2) is 0 Å². The van der Waals surface area contributed by atoms with Crippen LogP contribution in [0.5, 0.6) is 0 Å². The van der Waals surface area contributed by atoms with Crippen LogP contribution in [0.4, 0.5) is 0 Å². The molecule has 80 valence electrons. The Morgan fingerprint density at radius 3 is 2.71 bits per heavy atom. The van der Waals surface area contributed by atoms with Crippen LogP contribution >= 0.6 is 0 Å². The molecule has 4 atom stereocenters. The molecular formula is C11H18O3. The molecule has 1 heterocycles. The van der Waals surface area contributed by atoms with Crippen molar-refractivity contribution >= 4 is 0 Å². The van der Waals surface area contributed by atoms with Crippen molar-refractivity contribution in [3.8, 4) is 0 Å². The molecule has 0 radical (unpaired) electrons. The van der Waals surface area contributed by atoms with Gasteiger partial charge in [0.05, 0.1) is 12.2 Å². The molecule has 3 heteroatoms. The monoisotopic (exact) mass is 198 g/mol. The highest BCUT2D eigenvalue weighted by Crippen LogP contribution is 2.32. The fourth-order valence-electron chi connectivity index (χ4n) is 2.25. The molecule has 2 rings (SSSR count). The van der Waals surface area contributed by atoms with Gasteiger partial charge < -0.3 is 14.2 Å². The van der Waals surface area contributed by atoms with E-state index in [0.717, 1.165) is 19.3 Å². The summed E-state index contributed by atoms with van der Waals surface area (Å²) in [4.78, 5) is 0. The third kappa shape index (κ3) is 2.00. The fourth-order valence-corrected chi connectivity index (χ4v) is 2.25. The highest BCUT2D eigenvalue weighted by molar-refractivity contribution is 5.04. The summed E-state index contributed by atoms with van der Waals surface area (Å²) in [6, 6.07) is 0. The van der Waals surface area contributed by atoms with Gasteiger partial charge in [-0.1, -0.05) is 12.2 Å². The van der Waals surface area contributed by atoms with E-state index in [4.69, 9.17) is 14.2 Å². The van der Waals surface area contributed by atoms with E-state index in [9.17, 15) is 0 Å². The third-order valence-electron chi connectivity index (χ3n) is 3.14. The molecule has 0 saturated carbocycles. The summed E-state index contributed by atoms with van der Waals surface area (Å²) in [6.07, 6.45) is 7.98. The van der Waals surface area contributed by atoms with Crippen molar-refractivity contribution in [3.63, 3.8) is 0 Å². The first-order valence-corrected chi connectivity index (χ1v) is 5.23. The number of rotatable bonds is 2. The van der Waals surface area contributed by atoms with Gasteiger partial charge in [0.15, 0.2) is 6.29 Å². The molecule has 1 fully saturated rings. The Morgan fingerprint density at radius 1 is 1.14 bits per heavy atom. The van der Waals surface area contributed by atoms with Crippen molar-refractivity contribution in [2.45, 2.75) is 37.8 Å². The van der Waals surface area contributed by atoms with E-state index < -0.39 is 0 Å². The van der Waals surface area contributed by atoms with Crippen molar-refractivity contribution < 1.29 is 14.2 Å². The minimum absolute atomic E-state index is 0.0137. The summed E-state index contributed by atoms with van der Waals surface area (Å²) in [5, 5.41) is 0. The highest BCUT2D eigenvalue weighted by atomic mass is 16.7. The lowest BCUT2D eigenvalue weighted by Crippen LogP contribution is -2.39. The van der Waals surface area contributed by atoms with E-state index in [1.54, 1.807) is 14.2 Å². The van der Waals surface area contributed by atoms with Crippen LogP contribution in [0.15, 0.2) is 12.2 Å². The van der Waals surface area contributed by atoms with Gasteiger partial charge in [0.1, 0.15) is 0 Å². The van der Waals surface area contributed by atoms with Crippen molar-refractivity contribution in [1.29, 1.82) is 0 Å². The molecule has 0 spiro atoms. The Kier molecular flexibility index (Phi) is 3.21. The van der Waals surface area contributed by atoms with Crippen LogP contribution in [0.3, 0.4) is 0 Å². The maximum atomic E-state index is 5.82. The average molecular weight is 198 g/mol. The summed E-state index contributed by atoms with van der Waals surface area (Å²) in [6.45, 7) is 0. The molecule has 1 unspecified atom stereocenters. The lowest BCUT2D eigenvalue weighted by atomic mass is 9.85. The van der Waals surface area contributed by atoms with Crippen molar-refractivity contribution in [2.75, 3.05) is 14.2 Å². The molecule has 1 saturated heterocycles. The molecule has 1 aliphatic heterocycles. The largest absolute Gasteiger partial charge is 0.377 e. The van der Waals surface area contributed by atoms with Crippen LogP contribution in [-0.4, -0.2) is 32.7 Å². The summed E-state index contributed by atoms with van der Waals surface area (Å²) >= 11 is 0. The second-order valence-corrected chi connectivity index (χ2v) is 3.98. The van der Waals surface area contributed by atoms with E-state index >= 15 is 0 Å². The predicted octanol–water partition coefficient (Wildman–Crippen LogP) is 1.73. The lowest BCUT2D eigenvalue weighted by molar-refractivity contribution is -0.199. The van der Waals surface area contributed by atoms with Crippen molar-refractivity contribution in [2.24, 2.45) is 5.92 Å². The van der Waals surface area contributed by atoms with Crippen LogP contribution < -0.4 is 0 Å². The Balaban J connectivity index is 1.97. The highest BCUT2D eigenvalue weighted by Gasteiger charge is 2.33. The van der Waals surface area contributed by atoms with Crippen molar-refractivity contribution in [3.05, 3.63) is 12.2 Å². The number of fused-ring (bicyclic) bond motifs is 1. The molecular weight excluding hydrogens is 180 g/mol. The van der Waals surface area contributed by atoms with Crippen LogP contribution in [0.25, 0.3) is 0 Å². The number of hydrogen-bond donors (Lipinski definition) is 0. The lowest BCUT2D eigenvalue weighted by Gasteiger charge is -2.38. The van der Waals surface area contributed by atoms with E-state index in [0.29, 0.717) is 5.92 Å². The second kappa shape index (κ2) is 4.43. The van der Waals surface area contributed by atoms with Crippen LogP contribution in [0.2, 0.25) is 0 Å². The fraction of sp³-hybridized carbons (Fsp3) is 0.818. The smallest absolute Gasteiger partial charge is 0.157 e. The van der Waals surface area contributed by atoms with Crippen LogP contribution in [0, 0.1) is 5.92 Å². The first-order valence-electron chi connectivity index (χ1n) is 5.23. The van der Waals surface area contributed by atoms with Gasteiger partial charge >= 0.3 is 0 Å². The predicted molar refractivity (Wildman–Crippen MR) is 52.9 cm³/mol. The SMILES string of the molecule is COC1CC[C@@H]2C=C[C@@H](OC)C[C@@H]2O1. The zero-order chi connectivity index (χ0) is 9.97. The average Bonchev–Trinajstić information content (AvgIpc) is 2.27. The molecule has 0 aromatic rings. The van der Waals surface area contributed by atoms with Gasteiger partial charge in [-0.15, -0.1) is 0 Å². The number of methoxy groups -OCH3 is 2. The Labute approximate surface area is 85.0 Å². The quantitative estimate of drug-likeness (QED) is 0.632. The first kappa shape index (κ1) is 10.1. The minimum Gasteiger partial charge on any atom is -0.377 e. The zero-order valence-electron chi connectivity index (χ0n) is 8.81. The van der Waals surface area contributed by atoms with E-state index in [-0.39, 0.29) is 18.5 Å². The van der Waals surface area contributed by atoms with Crippen molar-refractivity contribution in [1.82, 2.24) is 0 Å². The van der Waals surface area contributed by atoms with E-state index in [2.05, 4.69) is 12.2 Å². The topological polar surface area (TPSA) is 27.7 Å². The van der Waals surface area contributed by atoms with Gasteiger partial charge in [0.2, 0.25) is 0 Å². The van der Waals surface area contributed by atoms with Gasteiger partial charge in [-0.05, 0) is 12.8 Å². The summed E-state index contributed by atoms with van der Waals surface area (Å²) < 4.78 is 16.3. The second-order valence-electron chi connectivity index (χ2n) is 3.98. The molecule has 0 N–H and O–H groups in total. The van der Waals surface area contributed by atoms with E-state index in [1.807, 2.05) is 0 Å². The molecule has 0 aromatic heterocycles. The molecule has 0 bridgehead atoms. The third-order valence-corrected chi connectivity index (χ3v) is 3.14. The Morgan fingerprint density at radius 2 is 2.00 bits per heavy atom. The normalized spacial score (nSPS) is 42.1. The van der Waals surface area contributed by atoms with Crippen LogP contribution in [0.1, 0.15) is 19.3 Å². The Bertz CT molecular complexity index is 215. The minimum atomic E-state index is -0.0137.